The largest absolute Gasteiger partial charge is 0.481 e. The predicted octanol–water partition coefficient (Wildman–Crippen LogP) is 12.3. The first-order chi connectivity index (χ1) is 31.4. The molecule has 0 amide bonds. The highest BCUT2D eigenvalue weighted by molar-refractivity contribution is 5.77. The summed E-state index contributed by atoms with van der Waals surface area (Å²) in [5.41, 5.74) is -0.971. The first kappa shape index (κ1) is 64.3. The van der Waals surface area contributed by atoms with Crippen molar-refractivity contribution in [1.82, 2.24) is 0 Å². The molecule has 0 saturated carbocycles. The van der Waals surface area contributed by atoms with Gasteiger partial charge in [0.1, 0.15) is 6.61 Å². The van der Waals surface area contributed by atoms with Crippen molar-refractivity contribution in [2.24, 2.45) is 5.41 Å². The molecule has 0 fully saturated rings. The van der Waals surface area contributed by atoms with Crippen molar-refractivity contribution in [3.8, 4) is 0 Å². The summed E-state index contributed by atoms with van der Waals surface area (Å²) in [5, 5.41) is 55.4. The molecule has 3 atom stereocenters. The Balaban J connectivity index is 0. The summed E-state index contributed by atoms with van der Waals surface area (Å²) in [6.07, 6.45) is 34.8. The molecule has 0 saturated heterocycles. The van der Waals surface area contributed by atoms with Crippen molar-refractivity contribution in [3.63, 3.8) is 0 Å². The van der Waals surface area contributed by atoms with Gasteiger partial charge in [-0.15, -0.1) is 0 Å². The van der Waals surface area contributed by atoms with Gasteiger partial charge in [-0.2, -0.15) is 0 Å². The molecule has 0 spiro atoms. The summed E-state index contributed by atoms with van der Waals surface area (Å²) in [4.78, 5) is 56.7. The predicted molar refractivity (Wildman–Crippen MR) is 258 cm³/mol. The van der Waals surface area contributed by atoms with Crippen molar-refractivity contribution in [2.75, 3.05) is 19.8 Å². The van der Waals surface area contributed by atoms with E-state index in [-0.39, 0.29) is 38.3 Å². The van der Waals surface area contributed by atoms with Crippen molar-refractivity contribution >= 4 is 29.8 Å². The van der Waals surface area contributed by atoms with Crippen LogP contribution in [0.2, 0.25) is 0 Å². The number of carbonyl (C=O) groups is 5. The number of unbranched alkanes of at least 4 members (excludes halogenated alkanes) is 28. The molecule has 13 nitrogen and oxygen atoms in total. The molecule has 0 rings (SSSR count). The quantitative estimate of drug-likeness (QED) is 0.0247. The Labute approximate surface area is 394 Å². The average molecular weight is 931 g/mol. The summed E-state index contributed by atoms with van der Waals surface area (Å²) in [6, 6.07) is 0. The van der Waals surface area contributed by atoms with Gasteiger partial charge in [0.2, 0.25) is 0 Å². The number of aliphatic hydroxyl groups excluding tert-OH is 3. The van der Waals surface area contributed by atoms with Crippen LogP contribution in [0.4, 0.5) is 0 Å². The van der Waals surface area contributed by atoms with Gasteiger partial charge in [-0.1, -0.05) is 194 Å². The van der Waals surface area contributed by atoms with Crippen molar-refractivity contribution in [2.45, 2.75) is 276 Å². The molecule has 0 aromatic heterocycles. The normalized spacial score (nSPS) is 13.0. The Morgan fingerprint density at radius 1 is 0.431 bits per heavy atom. The number of esters is 2. The first-order valence-corrected chi connectivity index (χ1v) is 26.3. The molecule has 0 aromatic rings. The Kier molecular flexibility index (Phi) is 47.2. The fourth-order valence-electron chi connectivity index (χ4n) is 8.20. The van der Waals surface area contributed by atoms with Crippen LogP contribution in [0.1, 0.15) is 264 Å². The van der Waals surface area contributed by atoms with E-state index in [0.29, 0.717) is 32.1 Å². The minimum absolute atomic E-state index is 0.0628. The van der Waals surface area contributed by atoms with Gasteiger partial charge in [-0.25, -0.2) is 0 Å². The van der Waals surface area contributed by atoms with Crippen LogP contribution in [0.5, 0.6) is 0 Å². The van der Waals surface area contributed by atoms with E-state index in [0.717, 1.165) is 89.9 Å². The third-order valence-corrected chi connectivity index (χ3v) is 12.2. The molecular formula is C52H98O13. The maximum absolute atomic E-state index is 13.9. The second-order valence-corrected chi connectivity index (χ2v) is 18.5. The minimum Gasteiger partial charge on any atom is -0.481 e. The summed E-state index contributed by atoms with van der Waals surface area (Å²) in [6.45, 7) is 3.30. The van der Waals surface area contributed by atoms with Crippen LogP contribution in [0, 0.1) is 5.41 Å². The lowest BCUT2D eigenvalue weighted by Gasteiger charge is -2.34. The molecule has 0 heterocycles. The molecule has 0 aliphatic heterocycles. The van der Waals surface area contributed by atoms with Crippen molar-refractivity contribution < 1.29 is 64.1 Å². The first-order valence-electron chi connectivity index (χ1n) is 26.3. The standard InChI is InChI=1S/C46H88O9.C6H10O4/c1-3-5-7-9-10-11-17-21-24-27-30-34-44(52)54-40-42(39-48)55-45(53)46(37-41(49)38-47,35-31-8-6-4-2)36-32-28-25-22-19-16-14-12-13-15-18-20-23-26-29-33-43(50)51;7-5(8)3-1-2-4-6(9)10/h41-42,47-49H,3-40H2,1-2H3,(H,50,51);1-4H2,(H,7,8)(H,9,10). The molecule has 0 aliphatic carbocycles. The second kappa shape index (κ2) is 47.7. The maximum atomic E-state index is 13.9. The van der Waals surface area contributed by atoms with Crippen LogP contribution < -0.4 is 0 Å². The highest BCUT2D eigenvalue weighted by Crippen LogP contribution is 2.39. The summed E-state index contributed by atoms with van der Waals surface area (Å²) in [5.74, 6) is -3.26. The van der Waals surface area contributed by atoms with Crippen LogP contribution in [0.3, 0.4) is 0 Å². The van der Waals surface area contributed by atoms with E-state index in [4.69, 9.17) is 24.8 Å². The van der Waals surface area contributed by atoms with E-state index in [1.54, 1.807) is 0 Å². The average Bonchev–Trinajstić information content (AvgIpc) is 3.27. The summed E-state index contributed by atoms with van der Waals surface area (Å²) in [7, 11) is 0. The third-order valence-electron chi connectivity index (χ3n) is 12.2. The van der Waals surface area contributed by atoms with Gasteiger partial charge in [0.05, 0.1) is 24.7 Å². The number of aliphatic hydroxyl groups is 3. The van der Waals surface area contributed by atoms with Crippen molar-refractivity contribution in [1.29, 1.82) is 0 Å². The molecule has 384 valence electrons. The molecule has 0 aliphatic rings. The Morgan fingerprint density at radius 3 is 1.08 bits per heavy atom. The maximum Gasteiger partial charge on any atom is 0.312 e. The number of carboxylic acids is 3. The zero-order valence-electron chi connectivity index (χ0n) is 41.4. The van der Waals surface area contributed by atoms with Crippen LogP contribution in [0.15, 0.2) is 0 Å². The van der Waals surface area contributed by atoms with Gasteiger partial charge >= 0.3 is 29.8 Å². The second-order valence-electron chi connectivity index (χ2n) is 18.5. The van der Waals surface area contributed by atoms with E-state index in [2.05, 4.69) is 13.8 Å². The Morgan fingerprint density at radius 2 is 0.738 bits per heavy atom. The van der Waals surface area contributed by atoms with Crippen molar-refractivity contribution in [3.05, 3.63) is 0 Å². The number of carbonyl (C=O) groups excluding carboxylic acids is 2. The lowest BCUT2D eigenvalue weighted by molar-refractivity contribution is -0.174. The van der Waals surface area contributed by atoms with Gasteiger partial charge in [-0.05, 0) is 44.9 Å². The molecule has 3 unspecified atom stereocenters. The Hall–Kier alpha value is -2.77. The van der Waals surface area contributed by atoms with E-state index < -0.39 is 54.7 Å². The van der Waals surface area contributed by atoms with Gasteiger partial charge < -0.3 is 40.1 Å². The SMILES string of the molecule is CCCCCCCCCCCCCC(=O)OCC(CO)OC(=O)C(CCCCCC)(CCCCCCCCCCCCCCCCCC(=O)O)CC(O)CO.O=C(O)CCCCC(=O)O. The fourth-order valence-corrected chi connectivity index (χ4v) is 8.20. The number of rotatable bonds is 48. The van der Waals surface area contributed by atoms with Crippen LogP contribution in [0.25, 0.3) is 0 Å². The number of ether oxygens (including phenoxy) is 2. The van der Waals surface area contributed by atoms with Gasteiger partial charge in [0.25, 0.3) is 0 Å². The molecule has 6 N–H and O–H groups in total. The lowest BCUT2D eigenvalue weighted by atomic mass is 9.73. The highest BCUT2D eigenvalue weighted by Gasteiger charge is 2.41. The third kappa shape index (κ3) is 44.8. The molecule has 0 bridgehead atoms. The van der Waals surface area contributed by atoms with E-state index >= 15 is 0 Å². The van der Waals surface area contributed by atoms with Gasteiger partial charge in [0.15, 0.2) is 6.10 Å². The molecular weight excluding hydrogens is 833 g/mol. The lowest BCUT2D eigenvalue weighted by Crippen LogP contribution is -2.41. The Bertz CT molecular complexity index is 1120. The van der Waals surface area contributed by atoms with Gasteiger partial charge in [0, 0.05) is 25.7 Å². The molecule has 13 heteroatoms. The van der Waals surface area contributed by atoms with Gasteiger partial charge in [-0.3, -0.25) is 24.0 Å². The number of hydrogen-bond acceptors (Lipinski definition) is 10. The zero-order valence-corrected chi connectivity index (χ0v) is 41.4. The van der Waals surface area contributed by atoms with E-state index in [1.807, 2.05) is 0 Å². The molecule has 0 aromatic carbocycles. The smallest absolute Gasteiger partial charge is 0.312 e. The number of carboxylic acid groups (broad SMARTS) is 3. The zero-order chi connectivity index (χ0) is 48.7. The number of aliphatic carboxylic acids is 3. The van der Waals surface area contributed by atoms with Crippen LogP contribution >= 0.6 is 0 Å². The monoisotopic (exact) mass is 931 g/mol. The van der Waals surface area contributed by atoms with Crippen LogP contribution in [-0.2, 0) is 33.4 Å². The van der Waals surface area contributed by atoms with E-state index in [9.17, 15) is 39.3 Å². The highest BCUT2D eigenvalue weighted by atomic mass is 16.6. The molecule has 0 radical (unpaired) electrons. The number of hydrogen-bond donors (Lipinski definition) is 6. The summed E-state index contributed by atoms with van der Waals surface area (Å²) >= 11 is 0. The molecule has 65 heavy (non-hydrogen) atoms. The fraction of sp³-hybridized carbons (Fsp3) is 0.904. The van der Waals surface area contributed by atoms with Crippen LogP contribution in [-0.4, -0.2) is 92.5 Å². The summed E-state index contributed by atoms with van der Waals surface area (Å²) < 4.78 is 11.3. The topological polar surface area (TPSA) is 225 Å². The van der Waals surface area contributed by atoms with E-state index in [1.165, 1.54) is 103 Å². The minimum atomic E-state index is -1.04.